The number of hydrogen-bond acceptors (Lipinski definition) is 2. The fourth-order valence-corrected chi connectivity index (χ4v) is 0.844. The predicted molar refractivity (Wildman–Crippen MR) is 49.3 cm³/mol. The molecule has 0 saturated heterocycles. The molecule has 0 amide bonds. The Labute approximate surface area is 72.9 Å². The zero-order valence-corrected chi connectivity index (χ0v) is 7.37. The lowest BCUT2D eigenvalue weighted by atomic mass is 10.1. The van der Waals surface area contributed by atoms with Crippen LogP contribution in [0.5, 0.6) is 0 Å². The van der Waals surface area contributed by atoms with E-state index in [4.69, 9.17) is 4.84 Å². The molecule has 1 radical (unpaired) electrons. The van der Waals surface area contributed by atoms with Crippen LogP contribution in [-0.2, 0) is 4.84 Å². The molecule has 0 heterocycles. The first-order valence-electron chi connectivity index (χ1n) is 3.98. The summed E-state index contributed by atoms with van der Waals surface area (Å²) in [5, 5.41) is 3.67. The molecule has 0 aliphatic rings. The van der Waals surface area contributed by atoms with Gasteiger partial charge >= 0.3 is 0 Å². The second-order valence-corrected chi connectivity index (χ2v) is 2.44. The van der Waals surface area contributed by atoms with E-state index >= 15 is 0 Å². The van der Waals surface area contributed by atoms with Crippen molar-refractivity contribution in [2.75, 3.05) is 6.61 Å². The number of hydrogen-bond donors (Lipinski definition) is 0. The van der Waals surface area contributed by atoms with Crippen LogP contribution in [0.25, 0.3) is 0 Å². The third kappa shape index (κ3) is 2.38. The summed E-state index contributed by atoms with van der Waals surface area (Å²) in [5.41, 5.74) is 2.13. The lowest BCUT2D eigenvalue weighted by Gasteiger charge is -1.96. The van der Waals surface area contributed by atoms with Gasteiger partial charge < -0.3 is 4.84 Å². The van der Waals surface area contributed by atoms with Gasteiger partial charge in [-0.3, -0.25) is 0 Å². The zero-order chi connectivity index (χ0) is 8.81. The van der Waals surface area contributed by atoms with E-state index in [9.17, 15) is 0 Å². The predicted octanol–water partition coefficient (Wildman–Crippen LogP) is 2.24. The van der Waals surface area contributed by atoms with Crippen molar-refractivity contribution in [3.05, 3.63) is 35.4 Å². The molecule has 0 atom stereocenters. The first kappa shape index (κ1) is 8.78. The van der Waals surface area contributed by atoms with Crippen molar-refractivity contribution in [2.45, 2.75) is 13.8 Å². The molecule has 1 rings (SSSR count). The Kier molecular flexibility index (Phi) is 3.33. The zero-order valence-electron chi connectivity index (χ0n) is 7.37. The Hall–Kier alpha value is -1.31. The molecule has 2 heteroatoms. The third-order valence-corrected chi connectivity index (χ3v) is 1.50. The monoisotopic (exact) mass is 162 g/mol. The average Bonchev–Trinajstić information content (AvgIpc) is 2.09. The second kappa shape index (κ2) is 4.54. The number of rotatable bonds is 3. The summed E-state index contributed by atoms with van der Waals surface area (Å²) < 4.78 is 0. The molecule has 0 aromatic heterocycles. The Balaban J connectivity index is 2.68. The second-order valence-electron chi connectivity index (χ2n) is 2.44. The highest BCUT2D eigenvalue weighted by molar-refractivity contribution is 5.80. The van der Waals surface area contributed by atoms with Crippen molar-refractivity contribution in [3.8, 4) is 0 Å². The minimum absolute atomic E-state index is 0.582. The molecule has 0 N–H and O–H groups in total. The van der Waals surface area contributed by atoms with Gasteiger partial charge in [0.15, 0.2) is 0 Å². The lowest BCUT2D eigenvalue weighted by Crippen LogP contribution is -1.87. The van der Waals surface area contributed by atoms with Crippen molar-refractivity contribution in [1.29, 1.82) is 0 Å². The molecule has 0 fully saturated rings. The molecule has 0 bridgehead atoms. The van der Waals surface area contributed by atoms with Crippen LogP contribution in [0, 0.1) is 6.92 Å². The molecule has 0 spiro atoms. The summed E-state index contributed by atoms with van der Waals surface area (Å²) in [6.45, 7) is 4.49. The molecule has 63 valence electrons. The average molecular weight is 162 g/mol. The molecule has 2 nitrogen and oxygen atoms in total. The van der Waals surface area contributed by atoms with E-state index in [1.54, 1.807) is 0 Å². The molecule has 1 aromatic carbocycles. The Bertz CT molecular complexity index is 268. The summed E-state index contributed by atoms with van der Waals surface area (Å²) in [6.07, 6.45) is 2.82. The third-order valence-electron chi connectivity index (χ3n) is 1.50. The standard InChI is InChI=1S/C10H12NO/c1-3-12-11-8-10-7-5-4-6-9(10)2/h4-7H,3H2,1-2H3. The van der Waals surface area contributed by atoms with Gasteiger partial charge in [0.1, 0.15) is 12.8 Å². The molecule has 0 unspecified atom stereocenters. The first-order valence-corrected chi connectivity index (χ1v) is 3.98. The fraction of sp³-hybridized carbons (Fsp3) is 0.300. The molecule has 0 saturated carbocycles. The smallest absolute Gasteiger partial charge is 0.139 e. The minimum Gasteiger partial charge on any atom is -0.396 e. The SMILES string of the molecule is CCO/N=[C]/c1ccccc1C. The van der Waals surface area contributed by atoms with Crippen LogP contribution in [0.15, 0.2) is 29.4 Å². The lowest BCUT2D eigenvalue weighted by molar-refractivity contribution is 0.160. The fourth-order valence-electron chi connectivity index (χ4n) is 0.844. The Morgan fingerprint density at radius 1 is 1.42 bits per heavy atom. The Morgan fingerprint density at radius 3 is 2.83 bits per heavy atom. The molecule has 0 aliphatic carbocycles. The van der Waals surface area contributed by atoms with Gasteiger partial charge in [0.2, 0.25) is 0 Å². The largest absolute Gasteiger partial charge is 0.396 e. The van der Waals surface area contributed by atoms with Crippen LogP contribution in [-0.4, -0.2) is 12.8 Å². The molecular formula is C10H12NO. The van der Waals surface area contributed by atoms with E-state index < -0.39 is 0 Å². The van der Waals surface area contributed by atoms with Gasteiger partial charge in [-0.2, -0.15) is 0 Å². The first-order chi connectivity index (χ1) is 5.84. The van der Waals surface area contributed by atoms with Gasteiger partial charge in [-0.05, 0) is 19.4 Å². The highest BCUT2D eigenvalue weighted by Gasteiger charge is 1.91. The molecular weight excluding hydrogens is 150 g/mol. The maximum atomic E-state index is 4.81. The minimum atomic E-state index is 0.582. The molecule has 1 aromatic rings. The van der Waals surface area contributed by atoms with Crippen molar-refractivity contribution >= 4 is 6.21 Å². The van der Waals surface area contributed by atoms with Crippen LogP contribution in [0.2, 0.25) is 0 Å². The van der Waals surface area contributed by atoms with E-state index in [1.807, 2.05) is 38.1 Å². The number of aryl methyl sites for hydroxylation is 1. The van der Waals surface area contributed by atoms with Gasteiger partial charge in [0, 0.05) is 5.56 Å². The van der Waals surface area contributed by atoms with Crippen LogP contribution in [0.1, 0.15) is 18.1 Å². The van der Waals surface area contributed by atoms with E-state index in [2.05, 4.69) is 11.4 Å². The summed E-state index contributed by atoms with van der Waals surface area (Å²) >= 11 is 0. The summed E-state index contributed by atoms with van der Waals surface area (Å²) in [5.74, 6) is 0. The quantitative estimate of drug-likeness (QED) is 0.493. The van der Waals surface area contributed by atoms with Gasteiger partial charge in [-0.1, -0.05) is 29.4 Å². The topological polar surface area (TPSA) is 21.6 Å². The summed E-state index contributed by atoms with van der Waals surface area (Å²) in [6, 6.07) is 7.92. The van der Waals surface area contributed by atoms with Gasteiger partial charge in [-0.15, -0.1) is 0 Å². The highest BCUT2D eigenvalue weighted by atomic mass is 16.6. The normalized spacial score (nSPS) is 10.5. The van der Waals surface area contributed by atoms with Gasteiger partial charge in [0.05, 0.1) is 0 Å². The van der Waals surface area contributed by atoms with Crippen LogP contribution in [0.4, 0.5) is 0 Å². The van der Waals surface area contributed by atoms with Crippen molar-refractivity contribution in [2.24, 2.45) is 5.16 Å². The van der Waals surface area contributed by atoms with E-state index in [0.29, 0.717) is 6.61 Å². The highest BCUT2D eigenvalue weighted by Crippen LogP contribution is 2.03. The maximum absolute atomic E-state index is 4.81. The van der Waals surface area contributed by atoms with E-state index in [-0.39, 0.29) is 0 Å². The Morgan fingerprint density at radius 2 is 2.17 bits per heavy atom. The van der Waals surface area contributed by atoms with Crippen molar-refractivity contribution < 1.29 is 4.84 Å². The molecule has 0 aliphatic heterocycles. The number of benzene rings is 1. The number of nitrogens with zero attached hydrogens (tertiary/aromatic N) is 1. The van der Waals surface area contributed by atoms with E-state index in [1.165, 1.54) is 0 Å². The van der Waals surface area contributed by atoms with Crippen molar-refractivity contribution in [3.63, 3.8) is 0 Å². The maximum Gasteiger partial charge on any atom is 0.139 e. The van der Waals surface area contributed by atoms with Crippen molar-refractivity contribution in [1.82, 2.24) is 0 Å². The summed E-state index contributed by atoms with van der Waals surface area (Å²) in [4.78, 5) is 4.81. The van der Waals surface area contributed by atoms with Crippen LogP contribution >= 0.6 is 0 Å². The van der Waals surface area contributed by atoms with Gasteiger partial charge in [-0.25, -0.2) is 0 Å². The summed E-state index contributed by atoms with van der Waals surface area (Å²) in [7, 11) is 0. The molecule has 12 heavy (non-hydrogen) atoms. The van der Waals surface area contributed by atoms with E-state index in [0.717, 1.165) is 11.1 Å². The van der Waals surface area contributed by atoms with Gasteiger partial charge in [0.25, 0.3) is 0 Å². The van der Waals surface area contributed by atoms with Crippen LogP contribution in [0.3, 0.4) is 0 Å². The van der Waals surface area contributed by atoms with Crippen LogP contribution < -0.4 is 0 Å².